The number of esters is 1. The van der Waals surface area contributed by atoms with Crippen LogP contribution in [0.15, 0.2) is 47.5 Å². The molecule has 0 saturated heterocycles. The van der Waals surface area contributed by atoms with Crippen LogP contribution in [0.3, 0.4) is 0 Å². The number of ether oxygens (including phenoxy) is 3. The number of H-pyrrole nitrogens is 1. The number of anilines is 1. The average Bonchev–Trinajstić information content (AvgIpc) is 3.30. The van der Waals surface area contributed by atoms with Crippen LogP contribution >= 0.6 is 0 Å². The smallest absolute Gasteiger partial charge is 0.350 e. The fraction of sp³-hybridized carbons (Fsp3) is 0.167. The Morgan fingerprint density at radius 2 is 1.82 bits per heavy atom. The van der Waals surface area contributed by atoms with Crippen molar-refractivity contribution in [2.24, 2.45) is 5.73 Å². The standard InChI is InChI=1S/C24H22F2N8O5/c1-11(35)39-20-12(21(27)28)5-6-15(18(20)26)31-19(13-9-16(37-2)17(38-3)10-14(13)25)22-32-24(36)34(33-22)23-29-7-4-8-30-23/h4-10,19,31H,1-3H3,(H3,27,28)(H,32,33,36). The maximum Gasteiger partial charge on any atom is 0.350 e. The third-order valence-corrected chi connectivity index (χ3v) is 5.40. The van der Waals surface area contributed by atoms with Crippen LogP contribution in [0.25, 0.3) is 5.95 Å². The summed E-state index contributed by atoms with van der Waals surface area (Å²) in [5.41, 5.74) is 4.17. The molecule has 5 N–H and O–H groups in total. The summed E-state index contributed by atoms with van der Waals surface area (Å²) in [6.45, 7) is 1.05. The van der Waals surface area contributed by atoms with Crippen molar-refractivity contribution in [3.63, 3.8) is 0 Å². The molecule has 39 heavy (non-hydrogen) atoms. The van der Waals surface area contributed by atoms with Crippen LogP contribution in [0, 0.1) is 17.0 Å². The van der Waals surface area contributed by atoms with Gasteiger partial charge in [-0.15, -0.1) is 9.78 Å². The van der Waals surface area contributed by atoms with Gasteiger partial charge in [0.25, 0.3) is 5.95 Å². The molecule has 202 valence electrons. The highest BCUT2D eigenvalue weighted by molar-refractivity contribution is 5.99. The van der Waals surface area contributed by atoms with Crippen molar-refractivity contribution in [3.8, 4) is 23.2 Å². The Bertz CT molecular complexity index is 1610. The first-order valence-electron chi connectivity index (χ1n) is 11.1. The van der Waals surface area contributed by atoms with Crippen molar-refractivity contribution >= 4 is 17.5 Å². The zero-order chi connectivity index (χ0) is 28.3. The lowest BCUT2D eigenvalue weighted by Gasteiger charge is -2.21. The maximum atomic E-state index is 15.6. The zero-order valence-electron chi connectivity index (χ0n) is 20.8. The molecule has 15 heteroatoms. The molecule has 0 aliphatic heterocycles. The number of carbonyl (C=O) groups is 1. The lowest BCUT2D eigenvalue weighted by Crippen LogP contribution is -2.20. The summed E-state index contributed by atoms with van der Waals surface area (Å²) in [6, 6.07) is 4.99. The highest BCUT2D eigenvalue weighted by atomic mass is 19.1. The quantitative estimate of drug-likeness (QED) is 0.106. The van der Waals surface area contributed by atoms with Gasteiger partial charge in [0.1, 0.15) is 17.7 Å². The molecule has 0 saturated carbocycles. The van der Waals surface area contributed by atoms with Gasteiger partial charge in [-0.3, -0.25) is 15.2 Å². The van der Waals surface area contributed by atoms with Gasteiger partial charge >= 0.3 is 11.7 Å². The van der Waals surface area contributed by atoms with E-state index in [1.54, 1.807) is 6.07 Å². The van der Waals surface area contributed by atoms with Crippen molar-refractivity contribution in [1.82, 2.24) is 24.7 Å². The van der Waals surface area contributed by atoms with Crippen molar-refractivity contribution < 1.29 is 27.8 Å². The number of hydrogen-bond donors (Lipinski definition) is 4. The minimum Gasteiger partial charge on any atom is -0.493 e. The molecule has 0 bridgehead atoms. The Kier molecular flexibility index (Phi) is 7.51. The lowest BCUT2D eigenvalue weighted by atomic mass is 10.0. The number of amidine groups is 1. The molecule has 0 spiro atoms. The Morgan fingerprint density at radius 1 is 1.15 bits per heavy atom. The van der Waals surface area contributed by atoms with E-state index >= 15 is 8.78 Å². The average molecular weight is 540 g/mol. The van der Waals surface area contributed by atoms with E-state index in [0.29, 0.717) is 0 Å². The van der Waals surface area contributed by atoms with E-state index in [9.17, 15) is 9.59 Å². The van der Waals surface area contributed by atoms with Gasteiger partial charge in [0.2, 0.25) is 0 Å². The normalized spacial score (nSPS) is 11.5. The summed E-state index contributed by atoms with van der Waals surface area (Å²) in [5.74, 6) is -3.91. The molecule has 4 aromatic rings. The second kappa shape index (κ2) is 11.0. The number of aromatic nitrogens is 5. The van der Waals surface area contributed by atoms with Crippen molar-refractivity contribution in [1.29, 1.82) is 5.41 Å². The molecule has 2 aromatic heterocycles. The molecule has 2 heterocycles. The topological polar surface area (TPSA) is 183 Å². The zero-order valence-corrected chi connectivity index (χ0v) is 20.8. The van der Waals surface area contributed by atoms with E-state index in [1.165, 1.54) is 44.8 Å². The Morgan fingerprint density at radius 3 is 2.44 bits per heavy atom. The Hall–Kier alpha value is -5.34. The second-order valence-electron chi connectivity index (χ2n) is 7.89. The van der Waals surface area contributed by atoms with Crippen LogP contribution in [-0.4, -0.2) is 50.8 Å². The summed E-state index contributed by atoms with van der Waals surface area (Å²) in [7, 11) is 2.67. The van der Waals surface area contributed by atoms with Gasteiger partial charge in [0, 0.05) is 30.9 Å². The number of rotatable bonds is 9. The molecule has 0 radical (unpaired) electrons. The van der Waals surface area contributed by atoms with Gasteiger partial charge in [0.15, 0.2) is 28.9 Å². The van der Waals surface area contributed by atoms with Crippen LogP contribution in [0.2, 0.25) is 0 Å². The summed E-state index contributed by atoms with van der Waals surface area (Å²) in [4.78, 5) is 34.8. The number of halogens is 2. The summed E-state index contributed by atoms with van der Waals surface area (Å²) in [6.07, 6.45) is 2.80. The molecular formula is C24H22F2N8O5. The predicted molar refractivity (Wildman–Crippen MR) is 133 cm³/mol. The number of nitrogens with two attached hydrogens (primary N) is 1. The van der Waals surface area contributed by atoms with Crippen LogP contribution in [-0.2, 0) is 4.79 Å². The van der Waals surface area contributed by atoms with Gasteiger partial charge < -0.3 is 25.3 Å². The van der Waals surface area contributed by atoms with Crippen LogP contribution < -0.4 is 31.0 Å². The third-order valence-electron chi connectivity index (χ3n) is 5.40. The minimum absolute atomic E-state index is 0.0642. The summed E-state index contributed by atoms with van der Waals surface area (Å²) < 4.78 is 47.3. The number of nitrogens with one attached hydrogen (secondary N) is 3. The van der Waals surface area contributed by atoms with E-state index in [1.807, 2.05) is 0 Å². The van der Waals surface area contributed by atoms with E-state index in [4.69, 9.17) is 25.4 Å². The molecule has 4 rings (SSSR count). The molecule has 1 unspecified atom stereocenters. The van der Waals surface area contributed by atoms with E-state index in [-0.39, 0.29) is 40.1 Å². The monoisotopic (exact) mass is 540 g/mol. The van der Waals surface area contributed by atoms with Gasteiger partial charge in [-0.2, -0.15) is 0 Å². The molecule has 1 atom stereocenters. The molecule has 0 aliphatic rings. The maximum absolute atomic E-state index is 15.6. The number of benzene rings is 2. The number of hydrogen-bond acceptors (Lipinski definition) is 10. The van der Waals surface area contributed by atoms with Gasteiger partial charge in [0.05, 0.1) is 25.5 Å². The molecule has 0 fully saturated rings. The van der Waals surface area contributed by atoms with Crippen molar-refractivity contribution in [2.75, 3.05) is 19.5 Å². The number of nitrogens with zero attached hydrogens (tertiary/aromatic N) is 4. The van der Waals surface area contributed by atoms with Crippen LogP contribution in [0.4, 0.5) is 14.5 Å². The number of nitrogen functional groups attached to an aromatic ring is 1. The first-order valence-corrected chi connectivity index (χ1v) is 11.1. The first kappa shape index (κ1) is 26.7. The fourth-order valence-electron chi connectivity index (χ4n) is 3.67. The van der Waals surface area contributed by atoms with Crippen molar-refractivity contribution in [2.45, 2.75) is 13.0 Å². The van der Waals surface area contributed by atoms with Crippen LogP contribution in [0.1, 0.15) is 29.9 Å². The molecular weight excluding hydrogens is 518 g/mol. The predicted octanol–water partition coefficient (Wildman–Crippen LogP) is 2.06. The highest BCUT2D eigenvalue weighted by Gasteiger charge is 2.28. The Labute approximate surface area is 219 Å². The summed E-state index contributed by atoms with van der Waals surface area (Å²) >= 11 is 0. The number of aromatic amines is 1. The van der Waals surface area contributed by atoms with Gasteiger partial charge in [-0.25, -0.2) is 23.5 Å². The summed E-state index contributed by atoms with van der Waals surface area (Å²) in [5, 5.41) is 14.7. The Balaban J connectivity index is 1.90. The van der Waals surface area contributed by atoms with Crippen molar-refractivity contribution in [3.05, 3.63) is 81.8 Å². The van der Waals surface area contributed by atoms with Crippen LogP contribution in [0.5, 0.6) is 17.2 Å². The second-order valence-corrected chi connectivity index (χ2v) is 7.89. The molecule has 2 aromatic carbocycles. The number of methoxy groups -OCH3 is 2. The molecule has 0 amide bonds. The van der Waals surface area contributed by atoms with Gasteiger partial charge in [-0.1, -0.05) is 0 Å². The fourth-order valence-corrected chi connectivity index (χ4v) is 3.67. The third kappa shape index (κ3) is 5.36. The highest BCUT2D eigenvalue weighted by Crippen LogP contribution is 2.37. The lowest BCUT2D eigenvalue weighted by molar-refractivity contribution is -0.132. The molecule has 0 aliphatic carbocycles. The number of carbonyl (C=O) groups excluding carboxylic acids is 1. The first-order chi connectivity index (χ1) is 18.6. The van der Waals surface area contributed by atoms with E-state index in [2.05, 4.69) is 25.4 Å². The largest absolute Gasteiger partial charge is 0.493 e. The van der Waals surface area contributed by atoms with E-state index < -0.39 is 40.9 Å². The minimum atomic E-state index is -1.34. The van der Waals surface area contributed by atoms with E-state index in [0.717, 1.165) is 17.7 Å². The van der Waals surface area contributed by atoms with Gasteiger partial charge in [-0.05, 0) is 24.3 Å². The SMILES string of the molecule is COc1cc(F)c(C(Nc2ccc(C(=N)N)c(OC(C)=O)c2F)c2nn(-c3ncccn3)c(=O)[nH]2)cc1OC. The molecule has 13 nitrogen and oxygen atoms in total.